The van der Waals surface area contributed by atoms with E-state index in [1.54, 1.807) is 26.2 Å². The number of nitrogens with zero attached hydrogens (tertiary/aromatic N) is 1. The van der Waals surface area contributed by atoms with E-state index in [2.05, 4.69) is 11.1 Å². The number of methoxy groups -OCH3 is 1. The van der Waals surface area contributed by atoms with Gasteiger partial charge in [-0.25, -0.2) is 0 Å². The van der Waals surface area contributed by atoms with Gasteiger partial charge in [-0.1, -0.05) is 30.3 Å². The lowest BCUT2D eigenvalue weighted by atomic mass is 9.91. The Balaban J connectivity index is 1.46. The second-order valence-electron chi connectivity index (χ2n) is 8.66. The average Bonchev–Trinajstić information content (AvgIpc) is 3.22. The molecular formula is C27H26N2O5. The van der Waals surface area contributed by atoms with Gasteiger partial charge in [0.15, 0.2) is 5.76 Å². The van der Waals surface area contributed by atoms with Gasteiger partial charge in [-0.3, -0.25) is 9.59 Å². The standard InChI is InChI=1S/C27H26N2O5/c1-16-13-24(30)26(32)27(34-16)21(17-7-9-18(33-2)10-8-17)14-25(31)29-12-11-20-19-5-3-4-6-22(19)28-23(20)15-29/h3-10,13,21,28,32H,11-12,14-15H2,1-2H3/t21-/m1/s1. The zero-order valence-electron chi connectivity index (χ0n) is 19.1. The number of para-hydroxylation sites is 1. The Hall–Kier alpha value is -4.00. The zero-order chi connectivity index (χ0) is 23.8. The number of benzene rings is 2. The summed E-state index contributed by atoms with van der Waals surface area (Å²) in [5.41, 5.74) is 3.61. The highest BCUT2D eigenvalue weighted by molar-refractivity contribution is 5.86. The maximum absolute atomic E-state index is 13.5. The molecule has 34 heavy (non-hydrogen) atoms. The van der Waals surface area contributed by atoms with Gasteiger partial charge in [0.25, 0.3) is 0 Å². The van der Waals surface area contributed by atoms with Crippen LogP contribution < -0.4 is 10.2 Å². The third-order valence-electron chi connectivity index (χ3n) is 6.52. The Kier molecular flexibility index (Phi) is 5.61. The Morgan fingerprint density at radius 3 is 2.74 bits per heavy atom. The van der Waals surface area contributed by atoms with Crippen molar-refractivity contribution < 1.29 is 19.1 Å². The van der Waals surface area contributed by atoms with E-state index >= 15 is 0 Å². The molecule has 1 amide bonds. The highest BCUT2D eigenvalue weighted by Gasteiger charge is 2.30. The van der Waals surface area contributed by atoms with E-state index in [4.69, 9.17) is 9.15 Å². The predicted octanol–water partition coefficient (Wildman–Crippen LogP) is 4.25. The minimum absolute atomic E-state index is 0.0574. The average molecular weight is 459 g/mol. The summed E-state index contributed by atoms with van der Waals surface area (Å²) in [6.07, 6.45) is 0.824. The molecule has 7 nitrogen and oxygen atoms in total. The third kappa shape index (κ3) is 3.94. The molecule has 2 aromatic carbocycles. The van der Waals surface area contributed by atoms with Crippen LogP contribution in [-0.4, -0.2) is 34.6 Å². The van der Waals surface area contributed by atoms with E-state index in [9.17, 15) is 14.7 Å². The smallest absolute Gasteiger partial charge is 0.227 e. The van der Waals surface area contributed by atoms with Crippen LogP contribution in [0, 0.1) is 6.92 Å². The lowest BCUT2D eigenvalue weighted by molar-refractivity contribution is -0.132. The van der Waals surface area contributed by atoms with Gasteiger partial charge < -0.3 is 24.1 Å². The molecule has 3 heterocycles. The number of amides is 1. The quantitative estimate of drug-likeness (QED) is 0.466. The van der Waals surface area contributed by atoms with Crippen molar-refractivity contribution in [1.82, 2.24) is 9.88 Å². The molecule has 0 fully saturated rings. The zero-order valence-corrected chi connectivity index (χ0v) is 19.1. The maximum Gasteiger partial charge on any atom is 0.227 e. The van der Waals surface area contributed by atoms with E-state index in [0.717, 1.165) is 23.2 Å². The molecule has 2 N–H and O–H groups in total. The van der Waals surface area contributed by atoms with Crippen molar-refractivity contribution in [3.8, 4) is 11.5 Å². The van der Waals surface area contributed by atoms with Crippen LogP contribution in [-0.2, 0) is 17.8 Å². The van der Waals surface area contributed by atoms with Crippen LogP contribution in [0.2, 0.25) is 0 Å². The molecule has 1 aliphatic heterocycles. The highest BCUT2D eigenvalue weighted by atomic mass is 16.5. The summed E-state index contributed by atoms with van der Waals surface area (Å²) >= 11 is 0. The van der Waals surface area contributed by atoms with Crippen molar-refractivity contribution in [2.24, 2.45) is 0 Å². The van der Waals surface area contributed by atoms with E-state index in [-0.39, 0.29) is 18.1 Å². The van der Waals surface area contributed by atoms with Crippen LogP contribution in [0.1, 0.15) is 40.7 Å². The topological polar surface area (TPSA) is 95.8 Å². The lowest BCUT2D eigenvalue weighted by Crippen LogP contribution is -2.36. The van der Waals surface area contributed by atoms with Crippen molar-refractivity contribution in [3.63, 3.8) is 0 Å². The fraction of sp³-hybridized carbons (Fsp3) is 0.259. The van der Waals surface area contributed by atoms with Gasteiger partial charge in [0.2, 0.25) is 17.1 Å². The number of ether oxygens (including phenoxy) is 1. The Morgan fingerprint density at radius 2 is 1.97 bits per heavy atom. The molecule has 0 spiro atoms. The summed E-state index contributed by atoms with van der Waals surface area (Å²) in [4.78, 5) is 31.0. The minimum Gasteiger partial charge on any atom is -0.502 e. The van der Waals surface area contributed by atoms with Gasteiger partial charge in [0, 0.05) is 35.6 Å². The largest absolute Gasteiger partial charge is 0.502 e. The first-order valence-electron chi connectivity index (χ1n) is 11.3. The fourth-order valence-electron chi connectivity index (χ4n) is 4.77. The number of fused-ring (bicyclic) bond motifs is 3. The van der Waals surface area contributed by atoms with Crippen LogP contribution >= 0.6 is 0 Å². The monoisotopic (exact) mass is 458 g/mol. The number of aromatic hydroxyl groups is 1. The Labute approximate surface area is 196 Å². The minimum atomic E-state index is -0.616. The van der Waals surface area contributed by atoms with Crippen molar-refractivity contribution >= 4 is 16.8 Å². The van der Waals surface area contributed by atoms with E-state index < -0.39 is 17.1 Å². The van der Waals surface area contributed by atoms with Crippen molar-refractivity contribution in [2.45, 2.75) is 32.2 Å². The van der Waals surface area contributed by atoms with Crippen LogP contribution in [0.15, 0.2) is 63.8 Å². The number of H-pyrrole nitrogens is 1. The molecule has 0 saturated heterocycles. The van der Waals surface area contributed by atoms with Crippen molar-refractivity contribution in [3.05, 3.63) is 93.2 Å². The van der Waals surface area contributed by atoms with Gasteiger partial charge in [-0.15, -0.1) is 0 Å². The molecule has 1 atom stereocenters. The number of aromatic amines is 1. The van der Waals surface area contributed by atoms with E-state index in [1.807, 2.05) is 35.2 Å². The molecule has 0 unspecified atom stereocenters. The fourth-order valence-corrected chi connectivity index (χ4v) is 4.77. The van der Waals surface area contributed by atoms with Crippen LogP contribution in [0.5, 0.6) is 11.5 Å². The first-order chi connectivity index (χ1) is 16.4. The molecule has 174 valence electrons. The summed E-state index contributed by atoms with van der Waals surface area (Å²) in [7, 11) is 1.58. The van der Waals surface area contributed by atoms with E-state index in [0.29, 0.717) is 24.6 Å². The summed E-state index contributed by atoms with van der Waals surface area (Å²) < 4.78 is 11.0. The number of hydrogen-bond donors (Lipinski definition) is 2. The molecule has 2 aromatic heterocycles. The van der Waals surface area contributed by atoms with Gasteiger partial charge in [-0.05, 0) is 42.7 Å². The summed E-state index contributed by atoms with van der Waals surface area (Å²) in [5, 5.41) is 11.7. The number of rotatable bonds is 5. The second kappa shape index (κ2) is 8.74. The molecule has 5 rings (SSSR count). The predicted molar refractivity (Wildman–Crippen MR) is 128 cm³/mol. The van der Waals surface area contributed by atoms with Gasteiger partial charge in [-0.2, -0.15) is 0 Å². The van der Waals surface area contributed by atoms with Gasteiger partial charge in [0.05, 0.1) is 19.6 Å². The number of aryl methyl sites for hydroxylation is 1. The lowest BCUT2D eigenvalue weighted by Gasteiger charge is -2.29. The highest BCUT2D eigenvalue weighted by Crippen LogP contribution is 2.35. The van der Waals surface area contributed by atoms with Gasteiger partial charge in [0.1, 0.15) is 11.5 Å². The van der Waals surface area contributed by atoms with Crippen molar-refractivity contribution in [1.29, 1.82) is 0 Å². The van der Waals surface area contributed by atoms with Crippen LogP contribution in [0.4, 0.5) is 0 Å². The number of aromatic nitrogens is 1. The summed E-state index contributed by atoms with van der Waals surface area (Å²) in [5.74, 6) is 0.00181. The molecule has 7 heteroatoms. The first-order valence-corrected chi connectivity index (χ1v) is 11.3. The Bertz CT molecular complexity index is 1420. The van der Waals surface area contributed by atoms with Gasteiger partial charge >= 0.3 is 0 Å². The maximum atomic E-state index is 13.5. The van der Waals surface area contributed by atoms with Crippen LogP contribution in [0.3, 0.4) is 0 Å². The second-order valence-corrected chi connectivity index (χ2v) is 8.66. The van der Waals surface area contributed by atoms with Crippen LogP contribution in [0.25, 0.3) is 10.9 Å². The normalized spacial score (nSPS) is 14.1. The molecular weight excluding hydrogens is 432 g/mol. The number of carbonyl (C=O) groups is 1. The molecule has 0 saturated carbocycles. The molecule has 0 aliphatic carbocycles. The Morgan fingerprint density at radius 1 is 1.21 bits per heavy atom. The molecule has 4 aromatic rings. The number of hydrogen-bond acceptors (Lipinski definition) is 5. The number of nitrogens with one attached hydrogen (secondary N) is 1. The first kappa shape index (κ1) is 21.8. The SMILES string of the molecule is COc1ccc([C@@H](CC(=O)N2CCc3c([nH]c4ccccc34)C2)c2oc(C)cc(=O)c2O)cc1. The molecule has 1 aliphatic rings. The van der Waals surface area contributed by atoms with Crippen molar-refractivity contribution in [2.75, 3.05) is 13.7 Å². The molecule has 0 radical (unpaired) electrons. The number of carbonyl (C=O) groups excluding carboxylic acids is 1. The third-order valence-corrected chi connectivity index (χ3v) is 6.52. The molecule has 0 bridgehead atoms. The summed E-state index contributed by atoms with van der Waals surface area (Å²) in [6.45, 7) is 2.74. The van der Waals surface area contributed by atoms with E-state index in [1.165, 1.54) is 17.0 Å². The summed E-state index contributed by atoms with van der Waals surface area (Å²) in [6, 6.07) is 16.6.